The van der Waals surface area contributed by atoms with Crippen molar-refractivity contribution in [3.63, 3.8) is 0 Å². The van der Waals surface area contributed by atoms with Crippen molar-refractivity contribution in [2.24, 2.45) is 0 Å². The van der Waals surface area contributed by atoms with Crippen LogP contribution in [-0.4, -0.2) is 4.98 Å². The quantitative estimate of drug-likeness (QED) is 0.564. The number of thiazole rings is 1. The normalized spacial score (nSPS) is 11.0. The fourth-order valence-electron chi connectivity index (χ4n) is 1.72. The number of aromatic nitrogens is 1. The van der Waals surface area contributed by atoms with Crippen LogP contribution in [-0.2, 0) is 0 Å². The molecule has 1 aromatic heterocycles. The molecule has 2 nitrogen and oxygen atoms in total. The van der Waals surface area contributed by atoms with Gasteiger partial charge in [-0.2, -0.15) is 0 Å². The molecule has 0 aliphatic carbocycles. The lowest BCUT2D eigenvalue weighted by molar-refractivity contribution is 0.589. The molecule has 0 radical (unpaired) electrons. The second kappa shape index (κ2) is 5.38. The first-order chi connectivity index (χ1) is 9.52. The number of benzene rings is 2. The Labute approximate surface area is 134 Å². The van der Waals surface area contributed by atoms with Gasteiger partial charge in [-0.05, 0) is 30.3 Å². The number of hydrogen-bond acceptors (Lipinski definition) is 3. The summed E-state index contributed by atoms with van der Waals surface area (Å²) in [7, 11) is 0. The monoisotopic (exact) mass is 418 g/mol. The van der Waals surface area contributed by atoms with E-state index in [1.54, 1.807) is 0 Å². The van der Waals surface area contributed by atoms with E-state index in [4.69, 9.17) is 0 Å². The first-order valence-electron chi connectivity index (χ1n) is 5.50. The van der Waals surface area contributed by atoms with E-state index >= 15 is 0 Å². The first kappa shape index (κ1) is 13.9. The molecule has 3 aromatic rings. The van der Waals surface area contributed by atoms with E-state index in [0.29, 0.717) is 9.60 Å². The van der Waals surface area contributed by atoms with Gasteiger partial charge >= 0.3 is 0 Å². The fourth-order valence-corrected chi connectivity index (χ4v) is 3.54. The van der Waals surface area contributed by atoms with Gasteiger partial charge in [0.1, 0.15) is 5.69 Å². The minimum atomic E-state index is -0.669. The van der Waals surface area contributed by atoms with Crippen molar-refractivity contribution in [3.05, 3.63) is 50.9 Å². The minimum Gasteiger partial charge on any atom is -0.327 e. The van der Waals surface area contributed by atoms with Gasteiger partial charge in [0.15, 0.2) is 16.8 Å². The fraction of sp³-hybridized carbons (Fsp3) is 0. The molecule has 2 aromatic carbocycles. The SMILES string of the molecule is Fc1cc(Br)cc(F)c1Nc1nc2ccc(Br)cc2s1. The average molecular weight is 420 g/mol. The highest BCUT2D eigenvalue weighted by Crippen LogP contribution is 2.32. The maximum atomic E-state index is 13.8. The van der Waals surface area contributed by atoms with Crippen LogP contribution in [0, 0.1) is 11.6 Å². The van der Waals surface area contributed by atoms with E-state index in [1.807, 2.05) is 18.2 Å². The number of rotatable bonds is 2. The third-order valence-electron chi connectivity index (χ3n) is 2.59. The standard InChI is InChI=1S/C13H6Br2F2N2S/c14-6-1-2-10-11(5-6)20-13(18-10)19-12-8(16)3-7(15)4-9(12)17/h1-5H,(H,18,19). The molecule has 0 saturated carbocycles. The molecule has 0 spiro atoms. The zero-order chi connectivity index (χ0) is 14.3. The Morgan fingerprint density at radius 3 is 2.40 bits per heavy atom. The second-order valence-corrected chi connectivity index (χ2v) is 6.86. The molecule has 0 aliphatic rings. The highest BCUT2D eigenvalue weighted by Gasteiger charge is 2.13. The number of nitrogens with zero attached hydrogens (tertiary/aromatic N) is 1. The third-order valence-corrected chi connectivity index (χ3v) is 4.47. The van der Waals surface area contributed by atoms with E-state index in [1.165, 1.54) is 23.5 Å². The summed E-state index contributed by atoms with van der Waals surface area (Å²) in [5.41, 5.74) is 0.574. The minimum absolute atomic E-state index is 0.202. The Morgan fingerprint density at radius 1 is 1.00 bits per heavy atom. The molecule has 0 fully saturated rings. The molecular formula is C13H6Br2F2N2S. The molecule has 0 amide bonds. The van der Waals surface area contributed by atoms with Crippen molar-refractivity contribution >= 4 is 64.2 Å². The van der Waals surface area contributed by atoms with Crippen molar-refractivity contribution in [2.45, 2.75) is 0 Å². The van der Waals surface area contributed by atoms with E-state index in [2.05, 4.69) is 42.2 Å². The second-order valence-electron chi connectivity index (χ2n) is 4.00. The van der Waals surface area contributed by atoms with Crippen molar-refractivity contribution in [1.82, 2.24) is 4.98 Å². The van der Waals surface area contributed by atoms with E-state index < -0.39 is 11.6 Å². The zero-order valence-corrected chi connectivity index (χ0v) is 13.7. The van der Waals surface area contributed by atoms with Gasteiger partial charge < -0.3 is 5.32 Å². The third kappa shape index (κ3) is 2.70. The predicted octanol–water partition coefficient (Wildman–Crippen LogP) is 5.84. The van der Waals surface area contributed by atoms with Crippen LogP contribution in [0.2, 0.25) is 0 Å². The number of hydrogen-bond donors (Lipinski definition) is 1. The molecule has 0 unspecified atom stereocenters. The van der Waals surface area contributed by atoms with Crippen LogP contribution >= 0.6 is 43.2 Å². The largest absolute Gasteiger partial charge is 0.327 e. The Kier molecular flexibility index (Phi) is 3.74. The van der Waals surface area contributed by atoms with Gasteiger partial charge in [-0.25, -0.2) is 13.8 Å². The van der Waals surface area contributed by atoms with Crippen molar-refractivity contribution in [1.29, 1.82) is 0 Å². The van der Waals surface area contributed by atoms with Crippen LogP contribution in [0.25, 0.3) is 10.2 Å². The molecule has 1 N–H and O–H groups in total. The molecule has 20 heavy (non-hydrogen) atoms. The highest BCUT2D eigenvalue weighted by molar-refractivity contribution is 9.10. The zero-order valence-electron chi connectivity index (χ0n) is 9.75. The number of nitrogens with one attached hydrogen (secondary N) is 1. The van der Waals surface area contributed by atoms with Gasteiger partial charge in [0.2, 0.25) is 0 Å². The van der Waals surface area contributed by atoms with Crippen molar-refractivity contribution < 1.29 is 8.78 Å². The molecule has 0 bridgehead atoms. The van der Waals surface area contributed by atoms with Gasteiger partial charge in [0, 0.05) is 8.95 Å². The summed E-state index contributed by atoms with van der Waals surface area (Å²) in [5, 5.41) is 3.14. The van der Waals surface area contributed by atoms with Crippen LogP contribution in [0.3, 0.4) is 0 Å². The van der Waals surface area contributed by atoms with E-state index in [0.717, 1.165) is 14.7 Å². The smallest absolute Gasteiger partial charge is 0.188 e. The summed E-state index contributed by atoms with van der Waals surface area (Å²) in [6.07, 6.45) is 0. The molecule has 0 aliphatic heterocycles. The summed E-state index contributed by atoms with van der Waals surface area (Å²) in [6.45, 7) is 0. The summed E-state index contributed by atoms with van der Waals surface area (Å²) in [4.78, 5) is 4.30. The van der Waals surface area contributed by atoms with E-state index in [-0.39, 0.29) is 5.69 Å². The van der Waals surface area contributed by atoms with Crippen LogP contribution in [0.1, 0.15) is 0 Å². The van der Waals surface area contributed by atoms with Crippen LogP contribution in [0.5, 0.6) is 0 Å². The number of anilines is 2. The lowest BCUT2D eigenvalue weighted by Gasteiger charge is -2.06. The van der Waals surface area contributed by atoms with Gasteiger partial charge in [-0.1, -0.05) is 43.2 Å². The Hall–Kier alpha value is -1.05. The van der Waals surface area contributed by atoms with Gasteiger partial charge in [0.25, 0.3) is 0 Å². The predicted molar refractivity (Wildman–Crippen MR) is 84.7 cm³/mol. The molecular weight excluding hydrogens is 414 g/mol. The van der Waals surface area contributed by atoms with Crippen molar-refractivity contribution in [3.8, 4) is 0 Å². The Balaban J connectivity index is 2.01. The van der Waals surface area contributed by atoms with Crippen molar-refractivity contribution in [2.75, 3.05) is 5.32 Å². The lowest BCUT2D eigenvalue weighted by Crippen LogP contribution is -1.97. The average Bonchev–Trinajstić information content (AvgIpc) is 2.75. The summed E-state index contributed by atoms with van der Waals surface area (Å²) in [6, 6.07) is 8.03. The Bertz CT molecular complexity index is 781. The summed E-state index contributed by atoms with van der Waals surface area (Å²) >= 11 is 7.75. The van der Waals surface area contributed by atoms with Crippen LogP contribution in [0.4, 0.5) is 19.6 Å². The Morgan fingerprint density at radius 2 is 1.70 bits per heavy atom. The van der Waals surface area contributed by atoms with Crippen LogP contribution in [0.15, 0.2) is 39.3 Å². The lowest BCUT2D eigenvalue weighted by atomic mass is 10.3. The molecule has 0 atom stereocenters. The van der Waals surface area contributed by atoms with Crippen LogP contribution < -0.4 is 5.32 Å². The molecule has 1 heterocycles. The maximum absolute atomic E-state index is 13.8. The number of fused-ring (bicyclic) bond motifs is 1. The highest BCUT2D eigenvalue weighted by atomic mass is 79.9. The molecule has 3 rings (SSSR count). The molecule has 102 valence electrons. The van der Waals surface area contributed by atoms with Gasteiger partial charge in [-0.3, -0.25) is 0 Å². The topological polar surface area (TPSA) is 24.9 Å². The first-order valence-corrected chi connectivity index (χ1v) is 7.91. The number of halogens is 4. The molecule has 7 heteroatoms. The summed E-state index contributed by atoms with van der Waals surface area (Å²) in [5.74, 6) is -1.34. The summed E-state index contributed by atoms with van der Waals surface area (Å²) < 4.78 is 29.7. The van der Waals surface area contributed by atoms with Gasteiger partial charge in [0.05, 0.1) is 10.2 Å². The van der Waals surface area contributed by atoms with Gasteiger partial charge in [-0.15, -0.1) is 0 Å². The molecule has 0 saturated heterocycles. The maximum Gasteiger partial charge on any atom is 0.188 e. The van der Waals surface area contributed by atoms with E-state index in [9.17, 15) is 8.78 Å².